The van der Waals surface area contributed by atoms with Crippen molar-refractivity contribution >= 4 is 11.6 Å². The summed E-state index contributed by atoms with van der Waals surface area (Å²) >= 11 is 5.83. The molecule has 2 aromatic carbocycles. The predicted molar refractivity (Wildman–Crippen MR) is 95.6 cm³/mol. The number of hydrogen-bond donors (Lipinski definition) is 2. The average Bonchev–Trinajstić information content (AvgIpc) is 2.65. The van der Waals surface area contributed by atoms with E-state index in [0.29, 0.717) is 23.9 Å². The molecule has 6 heteroatoms. The highest BCUT2D eigenvalue weighted by molar-refractivity contribution is 6.30. The van der Waals surface area contributed by atoms with Gasteiger partial charge in [-0.3, -0.25) is 0 Å². The molecule has 0 fully saturated rings. The van der Waals surface area contributed by atoms with Crippen molar-refractivity contribution in [3.05, 3.63) is 53.6 Å². The van der Waals surface area contributed by atoms with Crippen molar-refractivity contribution < 1.29 is 24.6 Å². The van der Waals surface area contributed by atoms with Gasteiger partial charge in [-0.05, 0) is 43.3 Å². The average molecular weight is 365 g/mol. The molecule has 0 radical (unpaired) electrons. The Morgan fingerprint density at radius 3 is 2.68 bits per heavy atom. The van der Waals surface area contributed by atoms with E-state index in [2.05, 4.69) is 12.2 Å². The molecule has 2 aromatic rings. The van der Waals surface area contributed by atoms with Gasteiger partial charge in [0.2, 0.25) is 0 Å². The molecule has 1 aliphatic rings. The molecule has 0 aromatic heterocycles. The normalized spacial score (nSPS) is 18.4. The first-order valence-corrected chi connectivity index (χ1v) is 8.78. The van der Waals surface area contributed by atoms with Crippen LogP contribution in [-0.4, -0.2) is 43.1 Å². The molecule has 5 nitrogen and oxygen atoms in total. The standard InChI is InChI=1S/C19H22ClNO4/c1-13(19-12-24-17-4-2-3-5-18(17)25-19)21-10-15(22)11-23-16-8-6-14(20)7-9-16/h2-9,13,15,19,21-22H,10-12H2,1H3/p+1/t13-,15-,19-/m0/s1. The van der Waals surface area contributed by atoms with E-state index in [9.17, 15) is 5.11 Å². The molecule has 0 unspecified atom stereocenters. The van der Waals surface area contributed by atoms with E-state index in [-0.39, 0.29) is 18.8 Å². The van der Waals surface area contributed by atoms with Crippen molar-refractivity contribution in [3.8, 4) is 17.2 Å². The van der Waals surface area contributed by atoms with Crippen LogP contribution in [0.2, 0.25) is 5.02 Å². The summed E-state index contributed by atoms with van der Waals surface area (Å²) in [5.41, 5.74) is 0. The van der Waals surface area contributed by atoms with Gasteiger partial charge < -0.3 is 24.6 Å². The third-order valence-electron chi connectivity index (χ3n) is 4.15. The fourth-order valence-corrected chi connectivity index (χ4v) is 2.74. The Morgan fingerprint density at radius 2 is 1.92 bits per heavy atom. The highest BCUT2D eigenvalue weighted by Crippen LogP contribution is 2.31. The summed E-state index contributed by atoms with van der Waals surface area (Å²) < 4.78 is 17.3. The van der Waals surface area contributed by atoms with E-state index in [1.165, 1.54) is 0 Å². The zero-order chi connectivity index (χ0) is 17.6. The van der Waals surface area contributed by atoms with Crippen LogP contribution in [0.4, 0.5) is 0 Å². The van der Waals surface area contributed by atoms with Crippen LogP contribution in [-0.2, 0) is 0 Å². The maximum atomic E-state index is 10.1. The Kier molecular flexibility index (Phi) is 6.02. The number of para-hydroxylation sites is 2. The van der Waals surface area contributed by atoms with Gasteiger partial charge in [0, 0.05) is 5.02 Å². The number of rotatable bonds is 7. The predicted octanol–water partition coefficient (Wildman–Crippen LogP) is 1.87. The Hall–Kier alpha value is -1.95. The molecule has 25 heavy (non-hydrogen) atoms. The molecular formula is C19H23ClNO4+. The Bertz CT molecular complexity index is 679. The second-order valence-corrected chi connectivity index (χ2v) is 6.60. The minimum Gasteiger partial charge on any atom is -0.491 e. The number of aliphatic hydroxyl groups is 1. The molecule has 3 atom stereocenters. The van der Waals surface area contributed by atoms with Crippen LogP contribution in [0.1, 0.15) is 6.92 Å². The Balaban J connectivity index is 1.41. The van der Waals surface area contributed by atoms with Crippen molar-refractivity contribution in [1.29, 1.82) is 0 Å². The van der Waals surface area contributed by atoms with Crippen molar-refractivity contribution in [2.24, 2.45) is 0 Å². The molecule has 1 heterocycles. The lowest BCUT2D eigenvalue weighted by Gasteiger charge is -2.29. The summed E-state index contributed by atoms with van der Waals surface area (Å²) in [6.45, 7) is 3.33. The van der Waals surface area contributed by atoms with Gasteiger partial charge in [-0.25, -0.2) is 0 Å². The summed E-state index contributed by atoms with van der Waals surface area (Å²) in [5.74, 6) is 2.24. The van der Waals surface area contributed by atoms with E-state index in [1.807, 2.05) is 24.3 Å². The Morgan fingerprint density at radius 1 is 1.20 bits per heavy atom. The Labute approximate surface area is 152 Å². The molecule has 3 N–H and O–H groups in total. The van der Waals surface area contributed by atoms with E-state index in [0.717, 1.165) is 11.5 Å². The van der Waals surface area contributed by atoms with Gasteiger partial charge in [-0.2, -0.15) is 0 Å². The third kappa shape index (κ3) is 5.01. The zero-order valence-electron chi connectivity index (χ0n) is 14.1. The number of aliphatic hydroxyl groups excluding tert-OH is 1. The number of quaternary nitrogens is 1. The van der Waals surface area contributed by atoms with E-state index in [4.69, 9.17) is 25.8 Å². The number of hydrogen-bond acceptors (Lipinski definition) is 4. The van der Waals surface area contributed by atoms with Gasteiger partial charge >= 0.3 is 0 Å². The van der Waals surface area contributed by atoms with Crippen LogP contribution in [0, 0.1) is 0 Å². The van der Waals surface area contributed by atoms with Gasteiger partial charge in [0.1, 0.15) is 37.7 Å². The van der Waals surface area contributed by atoms with Gasteiger partial charge in [0.25, 0.3) is 0 Å². The highest BCUT2D eigenvalue weighted by Gasteiger charge is 2.28. The smallest absolute Gasteiger partial charge is 0.184 e. The summed E-state index contributed by atoms with van der Waals surface area (Å²) in [7, 11) is 0. The summed E-state index contributed by atoms with van der Waals surface area (Å²) in [5, 5.41) is 12.8. The molecule has 134 valence electrons. The zero-order valence-corrected chi connectivity index (χ0v) is 14.9. The fraction of sp³-hybridized carbons (Fsp3) is 0.368. The lowest BCUT2D eigenvalue weighted by atomic mass is 10.1. The van der Waals surface area contributed by atoms with Crippen molar-refractivity contribution in [3.63, 3.8) is 0 Å². The van der Waals surface area contributed by atoms with Crippen LogP contribution in [0.5, 0.6) is 17.2 Å². The largest absolute Gasteiger partial charge is 0.491 e. The SMILES string of the molecule is C[C@H]([NH2+]C[C@H](O)COc1ccc(Cl)cc1)[C@@H]1COc2ccccc2O1. The van der Waals surface area contributed by atoms with Crippen LogP contribution in [0.15, 0.2) is 48.5 Å². The fourth-order valence-electron chi connectivity index (χ4n) is 2.61. The molecule has 0 bridgehead atoms. The number of benzene rings is 2. The monoisotopic (exact) mass is 364 g/mol. The maximum Gasteiger partial charge on any atom is 0.184 e. The first-order valence-electron chi connectivity index (χ1n) is 8.40. The highest BCUT2D eigenvalue weighted by atomic mass is 35.5. The van der Waals surface area contributed by atoms with E-state index in [1.54, 1.807) is 24.3 Å². The van der Waals surface area contributed by atoms with Crippen LogP contribution >= 0.6 is 11.6 Å². The lowest BCUT2D eigenvalue weighted by molar-refractivity contribution is -0.698. The minimum atomic E-state index is -0.574. The topological polar surface area (TPSA) is 64.5 Å². The minimum absolute atomic E-state index is 0.0562. The van der Waals surface area contributed by atoms with Crippen molar-refractivity contribution in [2.45, 2.75) is 25.2 Å². The molecule has 1 aliphatic heterocycles. The lowest BCUT2D eigenvalue weighted by Crippen LogP contribution is -2.94. The first kappa shape index (κ1) is 17.9. The molecule has 3 rings (SSSR count). The second-order valence-electron chi connectivity index (χ2n) is 6.16. The molecular weight excluding hydrogens is 342 g/mol. The summed E-state index contributed by atoms with van der Waals surface area (Å²) in [4.78, 5) is 0. The quantitative estimate of drug-likeness (QED) is 0.787. The second kappa shape index (κ2) is 8.43. The molecule has 0 amide bonds. The van der Waals surface area contributed by atoms with Gasteiger partial charge in [-0.1, -0.05) is 23.7 Å². The molecule has 0 saturated carbocycles. The van der Waals surface area contributed by atoms with Gasteiger partial charge in [-0.15, -0.1) is 0 Å². The summed E-state index contributed by atoms with van der Waals surface area (Å²) in [6.07, 6.45) is -0.630. The number of ether oxygens (including phenoxy) is 3. The molecule has 0 aliphatic carbocycles. The third-order valence-corrected chi connectivity index (χ3v) is 4.40. The van der Waals surface area contributed by atoms with Crippen molar-refractivity contribution in [2.75, 3.05) is 19.8 Å². The number of halogens is 1. The first-order chi connectivity index (χ1) is 12.1. The van der Waals surface area contributed by atoms with Crippen LogP contribution in [0.25, 0.3) is 0 Å². The van der Waals surface area contributed by atoms with Gasteiger partial charge in [0.15, 0.2) is 17.6 Å². The van der Waals surface area contributed by atoms with Crippen LogP contribution in [0.3, 0.4) is 0 Å². The van der Waals surface area contributed by atoms with Crippen LogP contribution < -0.4 is 19.5 Å². The number of fused-ring (bicyclic) bond motifs is 1. The molecule has 0 spiro atoms. The summed E-state index contributed by atoms with van der Waals surface area (Å²) in [6, 6.07) is 14.9. The number of nitrogens with two attached hydrogens (primary N) is 1. The van der Waals surface area contributed by atoms with E-state index >= 15 is 0 Å². The maximum absolute atomic E-state index is 10.1. The molecule has 0 saturated heterocycles. The van der Waals surface area contributed by atoms with E-state index < -0.39 is 6.10 Å². The van der Waals surface area contributed by atoms with Gasteiger partial charge in [0.05, 0.1) is 0 Å². The van der Waals surface area contributed by atoms with Crippen molar-refractivity contribution in [1.82, 2.24) is 0 Å².